The van der Waals surface area contributed by atoms with E-state index in [9.17, 15) is 14.7 Å². The molecule has 2 aliphatic carbocycles. The topological polar surface area (TPSA) is 92.4 Å². The molecule has 0 bridgehead atoms. The number of hydrogen-bond acceptors (Lipinski definition) is 3. The first-order valence-electron chi connectivity index (χ1n) is 11.8. The third-order valence-electron chi connectivity index (χ3n) is 7.53. The Labute approximate surface area is 184 Å². The minimum Gasteiger partial charge on any atom is -0.387 e. The van der Waals surface area contributed by atoms with E-state index in [0.717, 1.165) is 61.3 Å². The number of nitrogens with one attached hydrogen (secondary N) is 1. The van der Waals surface area contributed by atoms with Crippen molar-refractivity contribution >= 4 is 22.6 Å². The summed E-state index contributed by atoms with van der Waals surface area (Å²) in [5.41, 5.74) is 4.46. The predicted octanol–water partition coefficient (Wildman–Crippen LogP) is 4.52. The molecule has 0 heterocycles. The highest BCUT2D eigenvalue weighted by Gasteiger charge is 2.48. The fourth-order valence-corrected chi connectivity index (χ4v) is 5.64. The van der Waals surface area contributed by atoms with Crippen LogP contribution in [0.3, 0.4) is 0 Å². The molecule has 4 N–H and O–H groups in total. The molecule has 4 rings (SSSR count). The van der Waals surface area contributed by atoms with Gasteiger partial charge in [0.25, 0.3) is 0 Å². The van der Waals surface area contributed by atoms with Crippen molar-refractivity contribution in [3.05, 3.63) is 48.0 Å². The van der Waals surface area contributed by atoms with Crippen LogP contribution in [-0.2, 0) is 9.59 Å². The highest BCUT2D eigenvalue weighted by Crippen LogP contribution is 2.42. The van der Waals surface area contributed by atoms with Crippen molar-refractivity contribution in [1.29, 1.82) is 0 Å². The van der Waals surface area contributed by atoms with Crippen LogP contribution in [0.25, 0.3) is 10.8 Å². The summed E-state index contributed by atoms with van der Waals surface area (Å²) in [6.07, 6.45) is 8.90. The van der Waals surface area contributed by atoms with Gasteiger partial charge in [-0.05, 0) is 42.0 Å². The van der Waals surface area contributed by atoms with Gasteiger partial charge in [0.15, 0.2) is 0 Å². The van der Waals surface area contributed by atoms with Crippen molar-refractivity contribution in [2.24, 2.45) is 11.1 Å². The van der Waals surface area contributed by atoms with Crippen molar-refractivity contribution in [2.75, 3.05) is 0 Å². The smallest absolute Gasteiger partial charge is 0.236 e. The van der Waals surface area contributed by atoms with E-state index in [1.807, 2.05) is 42.5 Å². The number of carbonyl (C=O) groups is 2. The lowest BCUT2D eigenvalue weighted by atomic mass is 9.72. The molecule has 0 unspecified atom stereocenters. The zero-order chi connectivity index (χ0) is 21.9. The van der Waals surface area contributed by atoms with E-state index in [0.29, 0.717) is 25.7 Å². The SMILES string of the molecule is NC(=O)C1(C(=O)N[C@@H](c2cccc3ccccc23)C2(O)CCCCCC2)CCCCC1. The number of amides is 2. The van der Waals surface area contributed by atoms with Crippen molar-refractivity contribution in [3.63, 3.8) is 0 Å². The molecule has 5 nitrogen and oxygen atoms in total. The number of primary amides is 1. The Morgan fingerprint density at radius 3 is 2.10 bits per heavy atom. The largest absolute Gasteiger partial charge is 0.387 e. The number of nitrogens with two attached hydrogens (primary N) is 1. The van der Waals surface area contributed by atoms with E-state index in [1.165, 1.54) is 0 Å². The first kappa shape index (κ1) is 21.8. The Kier molecular flexibility index (Phi) is 6.33. The monoisotopic (exact) mass is 422 g/mol. The zero-order valence-corrected chi connectivity index (χ0v) is 18.2. The maximum atomic E-state index is 13.6. The molecule has 0 spiro atoms. The van der Waals surface area contributed by atoms with E-state index in [-0.39, 0.29) is 5.91 Å². The molecule has 2 aromatic carbocycles. The molecule has 5 heteroatoms. The van der Waals surface area contributed by atoms with Crippen LogP contribution < -0.4 is 11.1 Å². The van der Waals surface area contributed by atoms with Crippen molar-refractivity contribution < 1.29 is 14.7 Å². The highest BCUT2D eigenvalue weighted by atomic mass is 16.3. The number of aliphatic hydroxyl groups is 1. The summed E-state index contributed by atoms with van der Waals surface area (Å²) in [5.74, 6) is -0.871. The van der Waals surface area contributed by atoms with Crippen LogP contribution in [0, 0.1) is 5.41 Å². The average molecular weight is 423 g/mol. The molecule has 0 aromatic heterocycles. The molecule has 2 aromatic rings. The molecule has 2 aliphatic rings. The van der Waals surface area contributed by atoms with E-state index < -0.39 is 23.0 Å². The minimum atomic E-state index is -1.18. The molecule has 1 atom stereocenters. The Morgan fingerprint density at radius 1 is 0.839 bits per heavy atom. The number of carbonyl (C=O) groups excluding carboxylic acids is 2. The maximum Gasteiger partial charge on any atom is 0.236 e. The van der Waals surface area contributed by atoms with Gasteiger partial charge in [-0.1, -0.05) is 87.4 Å². The standard InChI is InChI=1S/C26H34N2O3/c27-23(29)25(15-6-3-7-16-25)24(30)28-22(26(31)17-8-1-2-9-18-26)21-14-10-12-19-11-4-5-13-20(19)21/h4-5,10-14,22,31H,1-3,6-9,15-18H2,(H2,27,29)(H,28,30)/t22-/m0/s1. The van der Waals surface area contributed by atoms with Gasteiger partial charge < -0.3 is 16.2 Å². The maximum absolute atomic E-state index is 13.6. The summed E-state index contributed by atoms with van der Waals surface area (Å²) >= 11 is 0. The molecule has 2 fully saturated rings. The molecule has 0 saturated heterocycles. The summed E-state index contributed by atoms with van der Waals surface area (Å²) in [5, 5.41) is 17.1. The fourth-order valence-electron chi connectivity index (χ4n) is 5.64. The van der Waals surface area contributed by atoms with Crippen LogP contribution in [0.1, 0.15) is 82.2 Å². The Bertz CT molecular complexity index is 935. The van der Waals surface area contributed by atoms with E-state index in [1.54, 1.807) is 0 Å². The van der Waals surface area contributed by atoms with Gasteiger partial charge in [-0.3, -0.25) is 9.59 Å². The van der Waals surface area contributed by atoms with E-state index in [2.05, 4.69) is 5.32 Å². The lowest BCUT2D eigenvalue weighted by Gasteiger charge is -2.40. The summed E-state index contributed by atoms with van der Waals surface area (Å²) < 4.78 is 0. The minimum absolute atomic E-state index is 0.324. The summed E-state index contributed by atoms with van der Waals surface area (Å²) in [4.78, 5) is 26.1. The highest BCUT2D eigenvalue weighted by molar-refractivity contribution is 6.04. The normalized spacial score (nSPS) is 21.7. The molecule has 2 saturated carbocycles. The van der Waals surface area contributed by atoms with Crippen molar-refractivity contribution in [2.45, 2.75) is 82.3 Å². The quantitative estimate of drug-likeness (QED) is 0.489. The molecule has 31 heavy (non-hydrogen) atoms. The summed E-state index contributed by atoms with van der Waals surface area (Å²) in [7, 11) is 0. The van der Waals surface area contributed by atoms with Crippen molar-refractivity contribution in [1.82, 2.24) is 5.32 Å². The average Bonchev–Trinajstić information content (AvgIpc) is 3.02. The van der Waals surface area contributed by atoms with Gasteiger partial charge in [-0.2, -0.15) is 0 Å². The second-order valence-corrected chi connectivity index (χ2v) is 9.50. The van der Waals surface area contributed by atoms with Gasteiger partial charge >= 0.3 is 0 Å². The van der Waals surface area contributed by atoms with Crippen LogP contribution in [-0.4, -0.2) is 22.5 Å². The van der Waals surface area contributed by atoms with Crippen LogP contribution in [0.4, 0.5) is 0 Å². The van der Waals surface area contributed by atoms with E-state index >= 15 is 0 Å². The number of fused-ring (bicyclic) bond motifs is 1. The second-order valence-electron chi connectivity index (χ2n) is 9.50. The predicted molar refractivity (Wildman–Crippen MR) is 122 cm³/mol. The molecule has 0 radical (unpaired) electrons. The van der Waals surface area contributed by atoms with Crippen LogP contribution in [0.15, 0.2) is 42.5 Å². The first-order valence-corrected chi connectivity index (χ1v) is 11.8. The van der Waals surface area contributed by atoms with Crippen LogP contribution in [0.2, 0.25) is 0 Å². The third kappa shape index (κ3) is 4.20. The lowest BCUT2D eigenvalue weighted by Crippen LogP contribution is -2.55. The molecular weight excluding hydrogens is 388 g/mol. The zero-order valence-electron chi connectivity index (χ0n) is 18.2. The number of hydrogen-bond donors (Lipinski definition) is 3. The number of benzene rings is 2. The first-order chi connectivity index (χ1) is 15.0. The molecule has 166 valence electrons. The second kappa shape index (κ2) is 8.99. The van der Waals surface area contributed by atoms with E-state index in [4.69, 9.17) is 5.73 Å². The van der Waals surface area contributed by atoms with Gasteiger partial charge in [0, 0.05) is 0 Å². The molecular formula is C26H34N2O3. The van der Waals surface area contributed by atoms with Crippen LogP contribution >= 0.6 is 0 Å². The molecule has 2 amide bonds. The molecule has 0 aliphatic heterocycles. The van der Waals surface area contributed by atoms with Gasteiger partial charge in [0.1, 0.15) is 5.41 Å². The van der Waals surface area contributed by atoms with Gasteiger partial charge in [0.05, 0.1) is 11.6 Å². The van der Waals surface area contributed by atoms with Gasteiger partial charge in [0.2, 0.25) is 11.8 Å². The Morgan fingerprint density at radius 2 is 1.42 bits per heavy atom. The number of rotatable bonds is 5. The Hall–Kier alpha value is -2.40. The fraction of sp³-hybridized carbons (Fsp3) is 0.538. The Balaban J connectivity index is 1.77. The van der Waals surface area contributed by atoms with Gasteiger partial charge in [-0.15, -0.1) is 0 Å². The summed E-state index contributed by atoms with van der Waals surface area (Å²) in [6, 6.07) is 13.5. The van der Waals surface area contributed by atoms with Gasteiger partial charge in [-0.25, -0.2) is 0 Å². The third-order valence-corrected chi connectivity index (χ3v) is 7.53. The van der Waals surface area contributed by atoms with Crippen molar-refractivity contribution in [3.8, 4) is 0 Å². The summed E-state index contributed by atoms with van der Waals surface area (Å²) in [6.45, 7) is 0. The lowest BCUT2D eigenvalue weighted by molar-refractivity contribution is -0.146. The van der Waals surface area contributed by atoms with Crippen LogP contribution in [0.5, 0.6) is 0 Å².